The van der Waals surface area contributed by atoms with Gasteiger partial charge in [0.15, 0.2) is 0 Å². The molecule has 0 saturated carbocycles. The Morgan fingerprint density at radius 2 is 1.38 bits per heavy atom. The number of hydrogen-bond donors (Lipinski definition) is 2. The van der Waals surface area contributed by atoms with Crippen LogP contribution in [0, 0.1) is 0 Å². The van der Waals surface area contributed by atoms with Gasteiger partial charge >= 0.3 is 0 Å². The first kappa shape index (κ1) is 26.3. The number of sulfonamides is 2. The van der Waals surface area contributed by atoms with Crippen LogP contribution in [-0.4, -0.2) is 45.7 Å². The van der Waals surface area contributed by atoms with Gasteiger partial charge in [-0.2, -0.15) is 4.31 Å². The van der Waals surface area contributed by atoms with E-state index in [1.165, 1.54) is 4.31 Å². The van der Waals surface area contributed by atoms with Gasteiger partial charge in [-0.25, -0.2) is 21.6 Å². The van der Waals surface area contributed by atoms with Crippen LogP contribution < -0.4 is 10.0 Å². The number of hydrogen-bond acceptors (Lipinski definition) is 5. The fourth-order valence-corrected chi connectivity index (χ4v) is 6.64. The molecule has 0 aliphatic carbocycles. The summed E-state index contributed by atoms with van der Waals surface area (Å²) in [7, 11) is -7.04. The number of nitrogens with one attached hydrogen (secondary N) is 2. The SMILES string of the molecule is CC(C)(C)NS(=O)(=O)c1ccc(CCC(=O)NCc2ccc(S(=O)(=O)N3CCCC3)cc2)cc1. The molecule has 0 aromatic heterocycles. The highest BCUT2D eigenvalue weighted by Crippen LogP contribution is 2.21. The van der Waals surface area contributed by atoms with E-state index in [0.717, 1.165) is 24.0 Å². The highest BCUT2D eigenvalue weighted by atomic mass is 32.2. The van der Waals surface area contributed by atoms with E-state index in [4.69, 9.17) is 0 Å². The molecule has 1 saturated heterocycles. The van der Waals surface area contributed by atoms with Gasteiger partial charge in [-0.1, -0.05) is 24.3 Å². The van der Waals surface area contributed by atoms with Gasteiger partial charge in [-0.3, -0.25) is 4.79 Å². The first-order valence-electron chi connectivity index (χ1n) is 11.4. The number of carbonyl (C=O) groups is 1. The average molecular weight is 508 g/mol. The molecule has 1 heterocycles. The highest BCUT2D eigenvalue weighted by Gasteiger charge is 2.27. The highest BCUT2D eigenvalue weighted by molar-refractivity contribution is 7.89. The molecule has 2 N–H and O–H groups in total. The Bertz CT molecular complexity index is 1190. The lowest BCUT2D eigenvalue weighted by Crippen LogP contribution is -2.40. The van der Waals surface area contributed by atoms with Gasteiger partial charge in [0.25, 0.3) is 0 Å². The van der Waals surface area contributed by atoms with Crippen molar-refractivity contribution in [1.82, 2.24) is 14.3 Å². The lowest BCUT2D eigenvalue weighted by Gasteiger charge is -2.20. The lowest BCUT2D eigenvalue weighted by molar-refractivity contribution is -0.121. The molecular weight excluding hydrogens is 474 g/mol. The van der Waals surface area contributed by atoms with Crippen LogP contribution in [0.3, 0.4) is 0 Å². The first-order valence-corrected chi connectivity index (χ1v) is 14.3. The van der Waals surface area contributed by atoms with Crippen molar-refractivity contribution in [3.05, 3.63) is 59.7 Å². The second-order valence-electron chi connectivity index (χ2n) is 9.53. The van der Waals surface area contributed by atoms with Crippen LogP contribution >= 0.6 is 0 Å². The van der Waals surface area contributed by atoms with Crippen molar-refractivity contribution < 1.29 is 21.6 Å². The van der Waals surface area contributed by atoms with E-state index in [2.05, 4.69) is 10.0 Å². The monoisotopic (exact) mass is 507 g/mol. The van der Waals surface area contributed by atoms with Crippen molar-refractivity contribution in [3.8, 4) is 0 Å². The van der Waals surface area contributed by atoms with E-state index < -0.39 is 25.6 Å². The number of amides is 1. The van der Waals surface area contributed by atoms with Crippen LogP contribution in [0.4, 0.5) is 0 Å². The molecule has 1 fully saturated rings. The van der Waals surface area contributed by atoms with Gasteiger partial charge < -0.3 is 5.32 Å². The second kappa shape index (κ2) is 10.6. The normalized spacial score (nSPS) is 15.4. The molecule has 1 amide bonds. The predicted molar refractivity (Wildman–Crippen MR) is 131 cm³/mol. The Morgan fingerprint density at radius 1 is 0.853 bits per heavy atom. The topological polar surface area (TPSA) is 113 Å². The van der Waals surface area contributed by atoms with Crippen molar-refractivity contribution in [2.24, 2.45) is 0 Å². The van der Waals surface area contributed by atoms with Crippen LogP contribution in [0.2, 0.25) is 0 Å². The van der Waals surface area contributed by atoms with E-state index >= 15 is 0 Å². The van der Waals surface area contributed by atoms with Crippen LogP contribution in [0.1, 0.15) is 51.2 Å². The van der Waals surface area contributed by atoms with Crippen molar-refractivity contribution in [3.63, 3.8) is 0 Å². The van der Waals surface area contributed by atoms with E-state index in [-0.39, 0.29) is 22.1 Å². The third-order valence-corrected chi connectivity index (χ3v) is 9.12. The summed E-state index contributed by atoms with van der Waals surface area (Å²) >= 11 is 0. The van der Waals surface area contributed by atoms with Crippen LogP contribution in [0.25, 0.3) is 0 Å². The van der Waals surface area contributed by atoms with Crippen LogP contribution in [0.15, 0.2) is 58.3 Å². The standard InChI is InChI=1S/C24H33N3O5S2/c1-24(2,3)26-33(29,30)21-11-6-19(7-12-21)10-15-23(28)25-18-20-8-13-22(14-9-20)34(31,32)27-16-4-5-17-27/h6-9,11-14,26H,4-5,10,15-18H2,1-3H3,(H,25,28). The zero-order valence-corrected chi connectivity index (χ0v) is 21.5. The van der Waals surface area contributed by atoms with Gasteiger partial charge in [-0.05, 0) is 75.4 Å². The van der Waals surface area contributed by atoms with Crippen LogP contribution in [0.5, 0.6) is 0 Å². The van der Waals surface area contributed by atoms with Crippen molar-refractivity contribution >= 4 is 26.0 Å². The molecule has 1 aliphatic heterocycles. The number of carbonyl (C=O) groups excluding carboxylic acids is 1. The quantitative estimate of drug-likeness (QED) is 0.542. The largest absolute Gasteiger partial charge is 0.352 e. The smallest absolute Gasteiger partial charge is 0.243 e. The minimum atomic E-state index is -3.59. The van der Waals surface area contributed by atoms with Crippen LogP contribution in [-0.2, 0) is 37.8 Å². The Morgan fingerprint density at radius 3 is 1.94 bits per heavy atom. The summed E-state index contributed by atoms with van der Waals surface area (Å²) < 4.78 is 54.0. The van der Waals surface area contributed by atoms with Crippen molar-refractivity contribution in [2.45, 2.75) is 68.3 Å². The summed E-state index contributed by atoms with van der Waals surface area (Å²) in [6, 6.07) is 13.1. The number of aryl methyl sites for hydroxylation is 1. The van der Waals surface area contributed by atoms with Gasteiger partial charge in [0.05, 0.1) is 9.79 Å². The molecule has 0 bridgehead atoms. The second-order valence-corrected chi connectivity index (χ2v) is 13.2. The Balaban J connectivity index is 1.48. The summed E-state index contributed by atoms with van der Waals surface area (Å²) in [5.74, 6) is -0.139. The molecule has 0 radical (unpaired) electrons. The van der Waals surface area contributed by atoms with E-state index in [1.807, 2.05) is 0 Å². The van der Waals surface area contributed by atoms with Gasteiger partial charge in [0.1, 0.15) is 0 Å². The third-order valence-electron chi connectivity index (χ3n) is 5.43. The zero-order valence-electron chi connectivity index (χ0n) is 19.9. The molecule has 0 unspecified atom stereocenters. The molecule has 0 spiro atoms. The summed E-state index contributed by atoms with van der Waals surface area (Å²) in [4.78, 5) is 12.7. The third kappa shape index (κ3) is 7.11. The fourth-order valence-electron chi connectivity index (χ4n) is 3.70. The summed E-state index contributed by atoms with van der Waals surface area (Å²) in [5.41, 5.74) is 1.11. The molecule has 2 aromatic carbocycles. The maximum Gasteiger partial charge on any atom is 0.243 e. The molecule has 0 atom stereocenters. The maximum absolute atomic E-state index is 12.6. The number of benzene rings is 2. The first-order chi connectivity index (χ1) is 15.9. The van der Waals surface area contributed by atoms with Crippen molar-refractivity contribution in [1.29, 1.82) is 0 Å². The summed E-state index contributed by atoms with van der Waals surface area (Å²) in [6.45, 7) is 6.77. The van der Waals surface area contributed by atoms with Gasteiger partial charge in [0, 0.05) is 31.6 Å². The molecule has 34 heavy (non-hydrogen) atoms. The van der Waals surface area contributed by atoms with E-state index in [0.29, 0.717) is 26.1 Å². The molecule has 10 heteroatoms. The Hall–Kier alpha value is -2.27. The molecule has 186 valence electrons. The minimum Gasteiger partial charge on any atom is -0.352 e. The molecule has 3 rings (SSSR count). The summed E-state index contributed by atoms with van der Waals surface area (Å²) in [5, 5.41) is 2.84. The fraction of sp³-hybridized carbons (Fsp3) is 0.458. The van der Waals surface area contributed by atoms with Gasteiger partial charge in [0.2, 0.25) is 26.0 Å². The Labute approximate surface area is 202 Å². The predicted octanol–water partition coefficient (Wildman–Crippen LogP) is 2.80. The zero-order chi connectivity index (χ0) is 25.0. The molecule has 8 nitrogen and oxygen atoms in total. The number of nitrogens with zero attached hydrogens (tertiary/aromatic N) is 1. The minimum absolute atomic E-state index is 0.139. The molecule has 1 aliphatic rings. The molecular formula is C24H33N3O5S2. The van der Waals surface area contributed by atoms with E-state index in [9.17, 15) is 21.6 Å². The summed E-state index contributed by atoms with van der Waals surface area (Å²) in [6.07, 6.45) is 2.52. The van der Waals surface area contributed by atoms with Crippen molar-refractivity contribution in [2.75, 3.05) is 13.1 Å². The van der Waals surface area contributed by atoms with E-state index in [1.54, 1.807) is 69.3 Å². The molecule has 2 aromatic rings. The maximum atomic E-state index is 12.6. The Kier molecular flexibility index (Phi) is 8.18. The van der Waals surface area contributed by atoms with Gasteiger partial charge in [-0.15, -0.1) is 0 Å². The average Bonchev–Trinajstić information content (AvgIpc) is 3.31. The lowest BCUT2D eigenvalue weighted by atomic mass is 10.1. The number of rotatable bonds is 9.